The van der Waals surface area contributed by atoms with Gasteiger partial charge in [0.25, 0.3) is 6.48 Å². The highest BCUT2D eigenvalue weighted by atomic mass is 31.2. The Balaban J connectivity index is 1.86. The molecule has 2 unspecified atom stereocenters. The highest BCUT2D eigenvalue weighted by Gasteiger charge is 2.46. The fourth-order valence-electron chi connectivity index (χ4n) is 1.96. The molecule has 6 nitrogen and oxygen atoms in total. The molecule has 24 heavy (non-hydrogen) atoms. The molecule has 2 atom stereocenters. The second-order valence-corrected chi connectivity index (χ2v) is 6.88. The summed E-state index contributed by atoms with van der Waals surface area (Å²) in [6, 6.07) is 9.56. The third-order valence-corrected chi connectivity index (χ3v) is 5.01. The smallest absolute Gasteiger partial charge is 0.414 e. The Morgan fingerprint density at radius 1 is 0.958 bits per heavy atom. The van der Waals surface area contributed by atoms with E-state index >= 15 is 0 Å². The van der Waals surface area contributed by atoms with Crippen molar-refractivity contribution in [1.82, 2.24) is 0 Å². The Bertz CT molecular complexity index is 685. The van der Waals surface area contributed by atoms with Gasteiger partial charge in [0.05, 0.1) is 6.61 Å². The fraction of sp³-hybridized carbons (Fsp3) is 0.200. The molecular formula is C15H13F2O6P. The maximum atomic E-state index is 13.1. The zero-order valence-corrected chi connectivity index (χ0v) is 13.1. The predicted octanol–water partition coefficient (Wildman–Crippen LogP) is 3.26. The van der Waals surface area contributed by atoms with E-state index < -0.39 is 31.6 Å². The van der Waals surface area contributed by atoms with Gasteiger partial charge in [-0.1, -0.05) is 0 Å². The van der Waals surface area contributed by atoms with E-state index in [1.807, 2.05) is 0 Å². The van der Waals surface area contributed by atoms with E-state index in [1.54, 1.807) is 0 Å². The number of hydrogen-bond donors (Lipinski definition) is 1. The van der Waals surface area contributed by atoms with Crippen LogP contribution in [0.3, 0.4) is 0 Å². The van der Waals surface area contributed by atoms with E-state index in [0.717, 1.165) is 24.3 Å². The summed E-state index contributed by atoms with van der Waals surface area (Å²) in [4.78, 5) is 0. The zero-order valence-electron chi connectivity index (χ0n) is 12.2. The largest absolute Gasteiger partial charge is 0.462 e. The zero-order chi connectivity index (χ0) is 17.2. The minimum atomic E-state index is -4.03. The van der Waals surface area contributed by atoms with Gasteiger partial charge in [-0.25, -0.2) is 13.3 Å². The molecule has 1 aliphatic rings. The van der Waals surface area contributed by atoms with E-state index in [4.69, 9.17) is 18.5 Å². The van der Waals surface area contributed by atoms with Crippen LogP contribution in [0.2, 0.25) is 0 Å². The van der Waals surface area contributed by atoms with E-state index in [9.17, 15) is 18.5 Å². The first kappa shape index (κ1) is 16.9. The van der Waals surface area contributed by atoms with Crippen LogP contribution in [0.4, 0.5) is 8.78 Å². The van der Waals surface area contributed by atoms with Crippen LogP contribution >= 0.6 is 7.60 Å². The van der Waals surface area contributed by atoms with Crippen molar-refractivity contribution in [3.63, 3.8) is 0 Å². The Labute approximate surface area is 136 Å². The minimum absolute atomic E-state index is 0.0758. The average molecular weight is 358 g/mol. The number of benzene rings is 2. The van der Waals surface area contributed by atoms with Crippen molar-refractivity contribution in [2.75, 3.05) is 6.61 Å². The van der Waals surface area contributed by atoms with Crippen molar-refractivity contribution in [2.45, 2.75) is 12.3 Å². The summed E-state index contributed by atoms with van der Waals surface area (Å²) in [6.07, 6.45) is 0. The van der Waals surface area contributed by atoms with Gasteiger partial charge in [-0.15, -0.1) is 0 Å². The van der Waals surface area contributed by atoms with Gasteiger partial charge in [-0.2, -0.15) is 0 Å². The number of rotatable bonds is 5. The lowest BCUT2D eigenvalue weighted by Crippen LogP contribution is -2.19. The van der Waals surface area contributed by atoms with E-state index in [-0.39, 0.29) is 18.1 Å². The maximum absolute atomic E-state index is 13.1. The van der Waals surface area contributed by atoms with Crippen molar-refractivity contribution in [3.8, 4) is 11.5 Å². The molecule has 1 saturated heterocycles. The number of halogens is 2. The quantitative estimate of drug-likeness (QED) is 0.827. The van der Waals surface area contributed by atoms with Gasteiger partial charge < -0.3 is 23.6 Å². The third kappa shape index (κ3) is 3.91. The van der Waals surface area contributed by atoms with Crippen LogP contribution in [0.5, 0.6) is 11.5 Å². The molecule has 0 spiro atoms. The van der Waals surface area contributed by atoms with Crippen LogP contribution in [-0.4, -0.2) is 24.0 Å². The average Bonchev–Trinajstić information content (AvgIpc) is 2.99. The Morgan fingerprint density at radius 2 is 1.42 bits per heavy atom. The van der Waals surface area contributed by atoms with Gasteiger partial charge in [0.15, 0.2) is 0 Å². The summed E-state index contributed by atoms with van der Waals surface area (Å²) < 4.78 is 59.7. The lowest BCUT2D eigenvalue weighted by Gasteiger charge is -2.23. The number of ether oxygens (including phenoxy) is 2. The van der Waals surface area contributed by atoms with Crippen LogP contribution in [0.15, 0.2) is 48.5 Å². The summed E-state index contributed by atoms with van der Waals surface area (Å²) in [5, 5.41) is 9.29. The molecule has 0 aromatic heterocycles. The molecule has 0 bridgehead atoms. The van der Waals surface area contributed by atoms with Gasteiger partial charge in [0.1, 0.15) is 23.1 Å². The standard InChI is InChI=1S/C15H13F2O6P/c16-10-1-5-12(6-2-10)22-24(19,14-9-20-15(18)21-14)23-13-7-3-11(17)4-8-13/h1-8,14-15,18H,9H2. The molecule has 9 heteroatoms. The van der Waals surface area contributed by atoms with E-state index in [1.165, 1.54) is 24.3 Å². The molecule has 2 aromatic carbocycles. The molecule has 3 rings (SSSR count). The first-order valence-electron chi connectivity index (χ1n) is 6.90. The second-order valence-electron chi connectivity index (χ2n) is 4.86. The molecule has 1 heterocycles. The summed E-state index contributed by atoms with van der Waals surface area (Å²) in [5.41, 5.74) is 0. The van der Waals surface area contributed by atoms with Crippen LogP contribution in [0, 0.1) is 11.6 Å². The lowest BCUT2D eigenvalue weighted by atomic mass is 10.3. The molecular weight excluding hydrogens is 345 g/mol. The van der Waals surface area contributed by atoms with Crippen molar-refractivity contribution in [2.24, 2.45) is 0 Å². The molecule has 2 aromatic rings. The molecule has 128 valence electrons. The second kappa shape index (κ2) is 6.86. The highest BCUT2D eigenvalue weighted by Crippen LogP contribution is 2.54. The Hall–Kier alpha value is -1.99. The molecule has 1 aliphatic heterocycles. The summed E-state index contributed by atoms with van der Waals surface area (Å²) in [5.74, 6) is -2.04. The Kier molecular flexibility index (Phi) is 4.82. The summed E-state index contributed by atoms with van der Waals surface area (Å²) in [7, 11) is -4.03. The monoisotopic (exact) mass is 358 g/mol. The van der Waals surface area contributed by atoms with Crippen molar-refractivity contribution in [3.05, 3.63) is 60.2 Å². The van der Waals surface area contributed by atoms with Crippen molar-refractivity contribution >= 4 is 7.60 Å². The van der Waals surface area contributed by atoms with Crippen molar-refractivity contribution < 1.29 is 37.0 Å². The first-order chi connectivity index (χ1) is 11.4. The number of aliphatic hydroxyl groups is 1. The van der Waals surface area contributed by atoms with E-state index in [2.05, 4.69) is 0 Å². The fourth-order valence-corrected chi connectivity index (χ4v) is 3.59. The Morgan fingerprint density at radius 3 is 1.79 bits per heavy atom. The molecule has 0 radical (unpaired) electrons. The molecule has 0 saturated carbocycles. The molecule has 1 N–H and O–H groups in total. The molecule has 0 amide bonds. The van der Waals surface area contributed by atoms with Gasteiger partial charge in [-0.3, -0.25) is 0 Å². The number of aliphatic hydroxyl groups excluding tert-OH is 1. The van der Waals surface area contributed by atoms with Crippen LogP contribution in [0.25, 0.3) is 0 Å². The van der Waals surface area contributed by atoms with Gasteiger partial charge in [-0.05, 0) is 48.5 Å². The van der Waals surface area contributed by atoms with E-state index in [0.29, 0.717) is 0 Å². The highest BCUT2D eigenvalue weighted by molar-refractivity contribution is 7.55. The number of hydrogen-bond acceptors (Lipinski definition) is 6. The minimum Gasteiger partial charge on any atom is -0.414 e. The van der Waals surface area contributed by atoms with Crippen molar-refractivity contribution in [1.29, 1.82) is 0 Å². The molecule has 1 fully saturated rings. The summed E-state index contributed by atoms with van der Waals surface area (Å²) in [6.45, 7) is -1.79. The van der Waals surface area contributed by atoms with Crippen LogP contribution in [-0.2, 0) is 14.0 Å². The van der Waals surface area contributed by atoms with Crippen LogP contribution < -0.4 is 9.05 Å². The first-order valence-corrected chi connectivity index (χ1v) is 8.51. The SMILES string of the molecule is O=P(Oc1ccc(F)cc1)(Oc1ccc(F)cc1)C1COC(O)O1. The third-order valence-electron chi connectivity index (χ3n) is 3.10. The topological polar surface area (TPSA) is 74.2 Å². The van der Waals surface area contributed by atoms with Gasteiger partial charge in [0.2, 0.25) is 5.85 Å². The van der Waals surface area contributed by atoms with Gasteiger partial charge in [0, 0.05) is 0 Å². The predicted molar refractivity (Wildman–Crippen MR) is 78.5 cm³/mol. The normalized spacial score (nSPS) is 20.8. The maximum Gasteiger partial charge on any atom is 0.462 e. The summed E-state index contributed by atoms with van der Waals surface area (Å²) >= 11 is 0. The molecule has 0 aliphatic carbocycles. The van der Waals surface area contributed by atoms with Crippen LogP contribution in [0.1, 0.15) is 0 Å². The van der Waals surface area contributed by atoms with Gasteiger partial charge >= 0.3 is 7.60 Å². The lowest BCUT2D eigenvalue weighted by molar-refractivity contribution is -0.199.